The molecule has 0 unspecified atom stereocenters. The van der Waals surface area contributed by atoms with Crippen LogP contribution in [0.15, 0.2) is 12.3 Å². The zero-order chi connectivity index (χ0) is 14.0. The number of methoxy groups -OCH3 is 1. The van der Waals surface area contributed by atoms with Crippen LogP contribution in [-0.2, 0) is 4.74 Å². The largest absolute Gasteiger partial charge is 0.465 e. The number of nitrogens with two attached hydrogens (primary N) is 1. The monoisotopic (exact) mass is 263 g/mol. The van der Waals surface area contributed by atoms with Gasteiger partial charge < -0.3 is 15.4 Å². The number of piperidine rings is 1. The van der Waals surface area contributed by atoms with Crippen LogP contribution in [0.2, 0.25) is 0 Å². The molecular weight excluding hydrogens is 242 g/mol. The van der Waals surface area contributed by atoms with E-state index in [1.807, 2.05) is 0 Å². The van der Waals surface area contributed by atoms with Gasteiger partial charge in [0.1, 0.15) is 5.82 Å². The predicted molar refractivity (Wildman–Crippen MR) is 75.2 cm³/mol. The fourth-order valence-corrected chi connectivity index (χ4v) is 2.26. The lowest BCUT2D eigenvalue weighted by molar-refractivity contribution is 0.0602. The van der Waals surface area contributed by atoms with E-state index in [0.717, 1.165) is 31.7 Å². The molecule has 1 aromatic heterocycles. The Kier molecular flexibility index (Phi) is 3.64. The molecule has 2 N–H and O–H groups in total. The van der Waals surface area contributed by atoms with Gasteiger partial charge in [0.2, 0.25) is 0 Å². The quantitative estimate of drug-likeness (QED) is 0.827. The van der Waals surface area contributed by atoms with Crippen LogP contribution < -0.4 is 10.6 Å². The topological polar surface area (TPSA) is 68.5 Å². The predicted octanol–water partition coefficient (Wildman–Crippen LogP) is 2.08. The SMILES string of the molecule is COC(=O)c1cc(N2CCC(C)(C)CC2)ncc1N. The Morgan fingerprint density at radius 1 is 1.42 bits per heavy atom. The number of anilines is 2. The number of hydrogen-bond donors (Lipinski definition) is 1. The van der Waals surface area contributed by atoms with Crippen molar-refractivity contribution in [3.8, 4) is 0 Å². The Bertz CT molecular complexity index is 476. The summed E-state index contributed by atoms with van der Waals surface area (Å²) in [5, 5.41) is 0. The maximum Gasteiger partial charge on any atom is 0.340 e. The molecule has 5 nitrogen and oxygen atoms in total. The van der Waals surface area contributed by atoms with Crippen molar-refractivity contribution in [2.24, 2.45) is 5.41 Å². The highest BCUT2D eigenvalue weighted by molar-refractivity contribution is 5.95. The fourth-order valence-electron chi connectivity index (χ4n) is 2.26. The zero-order valence-electron chi connectivity index (χ0n) is 11.8. The third-order valence-electron chi connectivity index (χ3n) is 3.77. The van der Waals surface area contributed by atoms with Gasteiger partial charge in [0.05, 0.1) is 24.6 Å². The Morgan fingerprint density at radius 2 is 2.05 bits per heavy atom. The van der Waals surface area contributed by atoms with Crippen LogP contribution in [0.3, 0.4) is 0 Å². The van der Waals surface area contributed by atoms with Gasteiger partial charge in [-0.3, -0.25) is 0 Å². The Labute approximate surface area is 113 Å². The second kappa shape index (κ2) is 5.07. The van der Waals surface area contributed by atoms with Gasteiger partial charge in [-0.2, -0.15) is 0 Å². The molecule has 1 fully saturated rings. The Morgan fingerprint density at radius 3 is 2.63 bits per heavy atom. The highest BCUT2D eigenvalue weighted by Crippen LogP contribution is 2.32. The minimum Gasteiger partial charge on any atom is -0.465 e. The summed E-state index contributed by atoms with van der Waals surface area (Å²) in [5.74, 6) is 0.378. The van der Waals surface area contributed by atoms with Crippen LogP contribution in [-0.4, -0.2) is 31.2 Å². The average Bonchev–Trinajstić information content (AvgIpc) is 2.39. The molecule has 2 heterocycles. The van der Waals surface area contributed by atoms with Gasteiger partial charge in [-0.05, 0) is 24.3 Å². The van der Waals surface area contributed by atoms with Crippen LogP contribution in [0, 0.1) is 5.41 Å². The highest BCUT2D eigenvalue weighted by Gasteiger charge is 2.26. The molecule has 19 heavy (non-hydrogen) atoms. The van der Waals surface area contributed by atoms with E-state index < -0.39 is 5.97 Å². The molecule has 104 valence electrons. The van der Waals surface area contributed by atoms with Crippen molar-refractivity contribution < 1.29 is 9.53 Å². The van der Waals surface area contributed by atoms with E-state index in [-0.39, 0.29) is 0 Å². The number of esters is 1. The first-order chi connectivity index (χ1) is 8.93. The Hall–Kier alpha value is -1.78. The summed E-state index contributed by atoms with van der Waals surface area (Å²) < 4.78 is 4.73. The molecule has 1 aliphatic heterocycles. The van der Waals surface area contributed by atoms with Crippen LogP contribution in [0.4, 0.5) is 11.5 Å². The maximum atomic E-state index is 11.6. The number of rotatable bonds is 2. The maximum absolute atomic E-state index is 11.6. The lowest BCUT2D eigenvalue weighted by Crippen LogP contribution is -2.37. The van der Waals surface area contributed by atoms with Crippen LogP contribution in [0.5, 0.6) is 0 Å². The second-order valence-electron chi connectivity index (χ2n) is 5.77. The standard InChI is InChI=1S/C14H21N3O2/c1-14(2)4-6-17(7-5-14)12-8-10(13(18)19-3)11(15)9-16-12/h8-9H,4-7,15H2,1-3H3. The summed E-state index contributed by atoms with van der Waals surface area (Å²) in [6.45, 7) is 6.45. The molecule has 1 aliphatic rings. The van der Waals surface area contributed by atoms with E-state index in [9.17, 15) is 4.79 Å². The normalized spacial score (nSPS) is 18.2. The first-order valence-corrected chi connectivity index (χ1v) is 6.52. The lowest BCUT2D eigenvalue weighted by Gasteiger charge is -2.37. The number of hydrogen-bond acceptors (Lipinski definition) is 5. The van der Waals surface area contributed by atoms with E-state index in [1.165, 1.54) is 13.3 Å². The molecule has 0 atom stereocenters. The number of carbonyl (C=O) groups excluding carboxylic acids is 1. The number of pyridine rings is 1. The van der Waals surface area contributed by atoms with Crippen LogP contribution in [0.25, 0.3) is 0 Å². The number of carbonyl (C=O) groups is 1. The number of aromatic nitrogens is 1. The fraction of sp³-hybridized carbons (Fsp3) is 0.571. The van der Waals surface area contributed by atoms with Crippen LogP contribution >= 0.6 is 0 Å². The van der Waals surface area contributed by atoms with Gasteiger partial charge in [-0.15, -0.1) is 0 Å². The molecule has 2 rings (SSSR count). The molecule has 0 amide bonds. The molecule has 1 saturated heterocycles. The summed E-state index contributed by atoms with van der Waals surface area (Å²) in [6, 6.07) is 1.72. The number of nitrogens with zero attached hydrogens (tertiary/aromatic N) is 2. The van der Waals surface area contributed by atoms with Crippen molar-refractivity contribution >= 4 is 17.5 Å². The minimum atomic E-state index is -0.418. The van der Waals surface area contributed by atoms with E-state index >= 15 is 0 Å². The molecule has 0 bridgehead atoms. The molecular formula is C14H21N3O2. The third kappa shape index (κ3) is 2.97. The van der Waals surface area contributed by atoms with Gasteiger partial charge in [-0.1, -0.05) is 13.8 Å². The third-order valence-corrected chi connectivity index (χ3v) is 3.77. The smallest absolute Gasteiger partial charge is 0.340 e. The van der Waals surface area contributed by atoms with Crippen molar-refractivity contribution in [3.63, 3.8) is 0 Å². The summed E-state index contributed by atoms with van der Waals surface area (Å²) in [6.07, 6.45) is 3.76. The van der Waals surface area contributed by atoms with Gasteiger partial charge in [-0.25, -0.2) is 9.78 Å². The summed E-state index contributed by atoms with van der Waals surface area (Å²) in [7, 11) is 1.35. The second-order valence-corrected chi connectivity index (χ2v) is 5.77. The minimum absolute atomic E-state index is 0.355. The van der Waals surface area contributed by atoms with Crippen molar-refractivity contribution in [1.29, 1.82) is 0 Å². The summed E-state index contributed by atoms with van der Waals surface area (Å²) in [4.78, 5) is 18.1. The molecule has 0 spiro atoms. The first kappa shape index (κ1) is 13.6. The highest BCUT2D eigenvalue weighted by atomic mass is 16.5. The van der Waals surface area contributed by atoms with Gasteiger partial charge in [0.25, 0.3) is 0 Å². The van der Waals surface area contributed by atoms with E-state index in [1.54, 1.807) is 6.07 Å². The van der Waals surface area contributed by atoms with Crippen molar-refractivity contribution in [2.45, 2.75) is 26.7 Å². The van der Waals surface area contributed by atoms with Crippen molar-refractivity contribution in [1.82, 2.24) is 4.98 Å². The molecule has 1 aromatic rings. The van der Waals surface area contributed by atoms with Crippen molar-refractivity contribution in [2.75, 3.05) is 30.8 Å². The van der Waals surface area contributed by atoms with Crippen molar-refractivity contribution in [3.05, 3.63) is 17.8 Å². The van der Waals surface area contributed by atoms with Gasteiger partial charge in [0, 0.05) is 13.1 Å². The lowest BCUT2D eigenvalue weighted by atomic mass is 9.83. The van der Waals surface area contributed by atoms with Gasteiger partial charge >= 0.3 is 5.97 Å². The molecule has 5 heteroatoms. The average molecular weight is 263 g/mol. The number of ether oxygens (including phenoxy) is 1. The van der Waals surface area contributed by atoms with E-state index in [0.29, 0.717) is 16.7 Å². The zero-order valence-corrected chi connectivity index (χ0v) is 11.8. The molecule has 0 radical (unpaired) electrons. The Balaban J connectivity index is 2.20. The molecule has 0 aromatic carbocycles. The van der Waals surface area contributed by atoms with E-state index in [2.05, 4.69) is 23.7 Å². The van der Waals surface area contributed by atoms with Crippen LogP contribution in [0.1, 0.15) is 37.0 Å². The first-order valence-electron chi connectivity index (χ1n) is 6.52. The molecule has 0 saturated carbocycles. The molecule has 0 aliphatic carbocycles. The number of nitrogen functional groups attached to an aromatic ring is 1. The summed E-state index contributed by atoms with van der Waals surface area (Å²) >= 11 is 0. The van der Waals surface area contributed by atoms with Gasteiger partial charge in [0.15, 0.2) is 0 Å². The summed E-state index contributed by atoms with van der Waals surface area (Å²) in [5.41, 5.74) is 6.88. The van der Waals surface area contributed by atoms with E-state index in [4.69, 9.17) is 10.5 Å².